The Labute approximate surface area is 57.8 Å². The topological polar surface area (TPSA) is 20.2 Å². The summed E-state index contributed by atoms with van der Waals surface area (Å²) in [5.41, 5.74) is 0. The van der Waals surface area contributed by atoms with Crippen LogP contribution >= 0.6 is 15.9 Å². The van der Waals surface area contributed by atoms with Gasteiger partial charge in [0, 0.05) is 0 Å². The van der Waals surface area contributed by atoms with Crippen molar-refractivity contribution in [1.29, 1.82) is 0 Å². The van der Waals surface area contributed by atoms with Crippen LogP contribution in [0, 0.1) is 0 Å². The molecule has 0 saturated heterocycles. The molecule has 0 spiro atoms. The molecule has 0 fully saturated rings. The van der Waals surface area contributed by atoms with Crippen LogP contribution in [-0.2, 0) is 0 Å². The predicted molar refractivity (Wildman–Crippen MR) is 38.9 cm³/mol. The molecule has 0 aliphatic rings. The third-order valence-corrected chi connectivity index (χ3v) is 0.832. The van der Waals surface area contributed by atoms with E-state index in [1.165, 1.54) is 0 Å². The second kappa shape index (κ2) is 5.06. The highest BCUT2D eigenvalue weighted by atomic mass is 79.9. The molecule has 0 aliphatic heterocycles. The Hall–Kier alpha value is -0.0800. The summed E-state index contributed by atoms with van der Waals surface area (Å²) < 4.78 is 1.06. The molecule has 2 heteroatoms. The predicted octanol–water partition coefficient (Wildman–Crippen LogP) is 1.83. The van der Waals surface area contributed by atoms with Gasteiger partial charge in [0.05, 0.1) is 6.61 Å². The van der Waals surface area contributed by atoms with E-state index >= 15 is 0 Å². The number of allylic oxidation sites excluding steroid dienone is 3. The summed E-state index contributed by atoms with van der Waals surface area (Å²) in [4.78, 5) is 0. The molecule has 0 saturated carbocycles. The first kappa shape index (κ1) is 7.92. The van der Waals surface area contributed by atoms with E-state index in [1.807, 2.05) is 13.0 Å². The lowest BCUT2D eigenvalue weighted by molar-refractivity contribution is 0.343. The molecule has 0 aromatic carbocycles. The summed E-state index contributed by atoms with van der Waals surface area (Å²) in [6.45, 7) is 2.04. The second-order valence-corrected chi connectivity index (χ2v) is 2.61. The zero-order valence-electron chi connectivity index (χ0n) is 4.76. The highest BCUT2D eigenvalue weighted by Crippen LogP contribution is 2.00. The molecule has 1 N–H and O–H groups in total. The standard InChI is InChI=1S/C6H9BrO/c1-6(7)4-2-3-5-8/h2-4,8H,5H2,1H3/b3-2+,6-4+. The quantitative estimate of drug-likeness (QED) is 0.638. The molecule has 0 atom stereocenters. The lowest BCUT2D eigenvalue weighted by Crippen LogP contribution is -1.67. The largest absolute Gasteiger partial charge is 0.392 e. The van der Waals surface area contributed by atoms with Gasteiger partial charge in [-0.1, -0.05) is 34.2 Å². The van der Waals surface area contributed by atoms with E-state index in [4.69, 9.17) is 5.11 Å². The molecule has 0 unspecified atom stereocenters. The van der Waals surface area contributed by atoms with Crippen LogP contribution in [0.3, 0.4) is 0 Å². The number of hydrogen-bond donors (Lipinski definition) is 1. The molecule has 0 radical (unpaired) electrons. The molecule has 8 heavy (non-hydrogen) atoms. The third-order valence-electron chi connectivity index (χ3n) is 0.567. The minimum absolute atomic E-state index is 0.108. The zero-order chi connectivity index (χ0) is 6.41. The Kier molecular flexibility index (Phi) is 5.01. The van der Waals surface area contributed by atoms with Crippen LogP contribution in [0.2, 0.25) is 0 Å². The van der Waals surface area contributed by atoms with Crippen molar-refractivity contribution in [3.05, 3.63) is 22.7 Å². The van der Waals surface area contributed by atoms with Gasteiger partial charge in [-0.25, -0.2) is 0 Å². The first-order valence-corrected chi connectivity index (χ1v) is 3.16. The Bertz CT molecular complexity index is 101. The fourth-order valence-electron chi connectivity index (χ4n) is 0.261. The SMILES string of the molecule is C/C(Br)=C\C=C\CO. The minimum atomic E-state index is 0.108. The lowest BCUT2D eigenvalue weighted by atomic mass is 10.4. The monoisotopic (exact) mass is 176 g/mol. The first-order valence-electron chi connectivity index (χ1n) is 2.37. The van der Waals surface area contributed by atoms with Crippen molar-refractivity contribution >= 4 is 15.9 Å². The maximum absolute atomic E-state index is 8.25. The van der Waals surface area contributed by atoms with Crippen LogP contribution in [0.4, 0.5) is 0 Å². The summed E-state index contributed by atoms with van der Waals surface area (Å²) in [5.74, 6) is 0. The summed E-state index contributed by atoms with van der Waals surface area (Å²) in [6, 6.07) is 0. The van der Waals surface area contributed by atoms with E-state index in [-0.39, 0.29) is 6.61 Å². The van der Waals surface area contributed by atoms with Gasteiger partial charge in [-0.05, 0) is 11.4 Å². The van der Waals surface area contributed by atoms with Gasteiger partial charge in [-0.2, -0.15) is 0 Å². The number of halogens is 1. The summed E-state index contributed by atoms with van der Waals surface area (Å²) in [6.07, 6.45) is 5.34. The summed E-state index contributed by atoms with van der Waals surface area (Å²) in [5, 5.41) is 8.25. The third kappa shape index (κ3) is 5.92. The van der Waals surface area contributed by atoms with E-state index in [9.17, 15) is 0 Å². The first-order chi connectivity index (χ1) is 3.77. The van der Waals surface area contributed by atoms with Crippen molar-refractivity contribution in [2.24, 2.45) is 0 Å². The molecule has 0 aromatic heterocycles. The Balaban J connectivity index is 3.42. The van der Waals surface area contributed by atoms with Crippen molar-refractivity contribution in [2.45, 2.75) is 6.92 Å². The van der Waals surface area contributed by atoms with Crippen molar-refractivity contribution < 1.29 is 5.11 Å². The van der Waals surface area contributed by atoms with Crippen molar-refractivity contribution in [1.82, 2.24) is 0 Å². The van der Waals surface area contributed by atoms with Crippen molar-refractivity contribution in [3.8, 4) is 0 Å². The van der Waals surface area contributed by atoms with Gasteiger partial charge in [0.15, 0.2) is 0 Å². The molecule has 0 amide bonds. The molecule has 0 heterocycles. The molecule has 0 aliphatic carbocycles. The van der Waals surface area contributed by atoms with E-state index in [0.717, 1.165) is 4.48 Å². The molecule has 0 bridgehead atoms. The number of hydrogen-bond acceptors (Lipinski definition) is 1. The number of rotatable bonds is 2. The Morgan fingerprint density at radius 1 is 1.75 bits per heavy atom. The fourth-order valence-corrected chi connectivity index (χ4v) is 0.414. The fraction of sp³-hybridized carbons (Fsp3) is 0.333. The van der Waals surface area contributed by atoms with Crippen LogP contribution in [0.25, 0.3) is 0 Å². The second-order valence-electron chi connectivity index (χ2n) is 1.36. The van der Waals surface area contributed by atoms with Crippen LogP contribution < -0.4 is 0 Å². The number of aliphatic hydroxyl groups is 1. The highest BCUT2D eigenvalue weighted by Gasteiger charge is 1.70. The van der Waals surface area contributed by atoms with Gasteiger partial charge in [0.2, 0.25) is 0 Å². The van der Waals surface area contributed by atoms with E-state index in [0.29, 0.717) is 0 Å². The average molecular weight is 177 g/mol. The summed E-state index contributed by atoms with van der Waals surface area (Å²) >= 11 is 3.23. The molecule has 0 aromatic rings. The van der Waals surface area contributed by atoms with E-state index in [1.54, 1.807) is 12.2 Å². The summed E-state index contributed by atoms with van der Waals surface area (Å²) in [7, 11) is 0. The van der Waals surface area contributed by atoms with Crippen LogP contribution in [0.5, 0.6) is 0 Å². The smallest absolute Gasteiger partial charge is 0.0615 e. The van der Waals surface area contributed by atoms with E-state index < -0.39 is 0 Å². The molecular formula is C6H9BrO. The van der Waals surface area contributed by atoms with Gasteiger partial charge in [-0.3, -0.25) is 0 Å². The number of aliphatic hydroxyl groups excluding tert-OH is 1. The van der Waals surface area contributed by atoms with Gasteiger partial charge in [0.1, 0.15) is 0 Å². The van der Waals surface area contributed by atoms with E-state index in [2.05, 4.69) is 15.9 Å². The molecule has 0 rings (SSSR count). The zero-order valence-corrected chi connectivity index (χ0v) is 6.35. The van der Waals surface area contributed by atoms with Crippen molar-refractivity contribution in [3.63, 3.8) is 0 Å². The molecule has 46 valence electrons. The normalized spacial score (nSPS) is 13.1. The van der Waals surface area contributed by atoms with Crippen LogP contribution in [0.1, 0.15) is 6.92 Å². The van der Waals surface area contributed by atoms with Crippen LogP contribution in [0.15, 0.2) is 22.7 Å². The highest BCUT2D eigenvalue weighted by molar-refractivity contribution is 9.11. The lowest BCUT2D eigenvalue weighted by Gasteiger charge is -1.77. The van der Waals surface area contributed by atoms with Crippen molar-refractivity contribution in [2.75, 3.05) is 6.61 Å². The average Bonchev–Trinajstić information content (AvgIpc) is 1.66. The Morgan fingerprint density at radius 3 is 2.75 bits per heavy atom. The van der Waals surface area contributed by atoms with Crippen LogP contribution in [-0.4, -0.2) is 11.7 Å². The molecular weight excluding hydrogens is 168 g/mol. The minimum Gasteiger partial charge on any atom is -0.392 e. The maximum atomic E-state index is 8.25. The Morgan fingerprint density at radius 2 is 2.38 bits per heavy atom. The van der Waals surface area contributed by atoms with Gasteiger partial charge < -0.3 is 5.11 Å². The molecule has 1 nitrogen and oxygen atoms in total. The van der Waals surface area contributed by atoms with Gasteiger partial charge >= 0.3 is 0 Å². The maximum Gasteiger partial charge on any atom is 0.0615 e. The van der Waals surface area contributed by atoms with Gasteiger partial charge in [-0.15, -0.1) is 0 Å². The van der Waals surface area contributed by atoms with Gasteiger partial charge in [0.25, 0.3) is 0 Å².